The lowest BCUT2D eigenvalue weighted by Gasteiger charge is -2.13. The first kappa shape index (κ1) is 11.9. The maximum absolute atomic E-state index is 11.1. The van der Waals surface area contributed by atoms with Crippen LogP contribution in [0.5, 0.6) is 0 Å². The van der Waals surface area contributed by atoms with Gasteiger partial charge in [-0.25, -0.2) is 0 Å². The van der Waals surface area contributed by atoms with Gasteiger partial charge in [-0.1, -0.05) is 0 Å². The Kier molecular flexibility index (Phi) is 5.85. The van der Waals surface area contributed by atoms with Crippen LogP contribution in [0.1, 0.15) is 6.42 Å². The van der Waals surface area contributed by atoms with E-state index in [-0.39, 0.29) is 18.9 Å². The molecule has 0 aliphatic carbocycles. The summed E-state index contributed by atoms with van der Waals surface area (Å²) in [5.74, 6) is -0.100. The van der Waals surface area contributed by atoms with Crippen LogP contribution in [0.3, 0.4) is 0 Å². The third kappa shape index (κ3) is 5.17. The second-order valence-corrected chi connectivity index (χ2v) is 2.85. The minimum atomic E-state index is -0.512. The van der Waals surface area contributed by atoms with Gasteiger partial charge in [-0.3, -0.25) is 10.1 Å². The van der Waals surface area contributed by atoms with Crippen LogP contribution in [0.15, 0.2) is 0 Å². The topological polar surface area (TPSA) is 76.4 Å². The van der Waals surface area contributed by atoms with Crippen molar-refractivity contribution in [3.05, 3.63) is 0 Å². The molecule has 13 heavy (non-hydrogen) atoms. The van der Waals surface area contributed by atoms with Crippen molar-refractivity contribution in [2.45, 2.75) is 12.5 Å². The Hall–Kier alpha value is -1.12. The molecule has 0 spiro atoms. The molecule has 0 rings (SSSR count). The van der Waals surface area contributed by atoms with E-state index in [1.807, 2.05) is 6.07 Å². The number of nitrogens with zero attached hydrogens (tertiary/aromatic N) is 2. The molecule has 0 aromatic carbocycles. The minimum Gasteiger partial charge on any atom is -0.395 e. The number of aliphatic hydroxyl groups excluding tert-OH is 1. The highest BCUT2D eigenvalue weighted by Crippen LogP contribution is 1.93. The molecule has 74 valence electrons. The summed E-state index contributed by atoms with van der Waals surface area (Å²) in [5, 5.41) is 19.9. The summed E-state index contributed by atoms with van der Waals surface area (Å²) < 4.78 is 0. The largest absolute Gasteiger partial charge is 0.395 e. The van der Waals surface area contributed by atoms with E-state index in [9.17, 15) is 4.79 Å². The first-order chi connectivity index (χ1) is 6.11. The van der Waals surface area contributed by atoms with Gasteiger partial charge in [0.2, 0.25) is 5.91 Å². The van der Waals surface area contributed by atoms with E-state index in [2.05, 4.69) is 5.32 Å². The van der Waals surface area contributed by atoms with Gasteiger partial charge in [0, 0.05) is 20.6 Å². The second kappa shape index (κ2) is 6.40. The van der Waals surface area contributed by atoms with Crippen molar-refractivity contribution >= 4 is 5.91 Å². The molecule has 1 atom stereocenters. The molecule has 1 unspecified atom stereocenters. The smallest absolute Gasteiger partial charge is 0.224 e. The van der Waals surface area contributed by atoms with Gasteiger partial charge < -0.3 is 10.0 Å². The third-order valence-electron chi connectivity index (χ3n) is 1.54. The molecule has 0 fully saturated rings. The van der Waals surface area contributed by atoms with Crippen LogP contribution in [-0.2, 0) is 4.79 Å². The highest BCUT2D eigenvalue weighted by molar-refractivity contribution is 5.76. The third-order valence-corrected chi connectivity index (χ3v) is 1.54. The van der Waals surface area contributed by atoms with Gasteiger partial charge in [0.15, 0.2) is 0 Å². The maximum atomic E-state index is 11.1. The zero-order valence-corrected chi connectivity index (χ0v) is 7.95. The molecule has 0 bridgehead atoms. The molecule has 0 aromatic rings. The number of hydrogen-bond donors (Lipinski definition) is 2. The zero-order chi connectivity index (χ0) is 10.3. The van der Waals surface area contributed by atoms with Gasteiger partial charge in [-0.15, -0.1) is 0 Å². The standard InChI is InChI=1S/C8H15N3O2/c1-11(2)8(13)5-7(6-9)10-3-4-12/h7,10,12H,3-5H2,1-2H3. The molecule has 0 aromatic heterocycles. The maximum Gasteiger partial charge on any atom is 0.224 e. The molecular weight excluding hydrogens is 170 g/mol. The number of rotatable bonds is 5. The average molecular weight is 185 g/mol. The Morgan fingerprint density at radius 3 is 2.69 bits per heavy atom. The molecule has 2 N–H and O–H groups in total. The Bertz CT molecular complexity index is 198. The first-order valence-electron chi connectivity index (χ1n) is 4.05. The van der Waals surface area contributed by atoms with Crippen LogP contribution in [0.25, 0.3) is 0 Å². The molecule has 0 aliphatic heterocycles. The number of hydrogen-bond acceptors (Lipinski definition) is 4. The average Bonchev–Trinajstić information content (AvgIpc) is 2.11. The summed E-state index contributed by atoms with van der Waals surface area (Å²) in [6.07, 6.45) is 0.142. The summed E-state index contributed by atoms with van der Waals surface area (Å²) in [5.41, 5.74) is 0. The Morgan fingerprint density at radius 1 is 1.69 bits per heavy atom. The van der Waals surface area contributed by atoms with Gasteiger partial charge in [-0.05, 0) is 0 Å². The van der Waals surface area contributed by atoms with E-state index >= 15 is 0 Å². The van der Waals surface area contributed by atoms with Crippen molar-refractivity contribution in [2.75, 3.05) is 27.2 Å². The van der Waals surface area contributed by atoms with E-state index < -0.39 is 6.04 Å². The number of carbonyl (C=O) groups is 1. The van der Waals surface area contributed by atoms with Gasteiger partial charge in [0.1, 0.15) is 6.04 Å². The lowest BCUT2D eigenvalue weighted by atomic mass is 10.2. The van der Waals surface area contributed by atoms with E-state index in [1.54, 1.807) is 14.1 Å². The lowest BCUT2D eigenvalue weighted by Crippen LogP contribution is -2.35. The highest BCUT2D eigenvalue weighted by Gasteiger charge is 2.13. The fraction of sp³-hybridized carbons (Fsp3) is 0.750. The number of nitrogens with one attached hydrogen (secondary N) is 1. The molecule has 0 saturated carbocycles. The molecule has 0 aliphatic rings. The molecule has 5 nitrogen and oxygen atoms in total. The summed E-state index contributed by atoms with van der Waals surface area (Å²) in [6, 6.07) is 1.44. The summed E-state index contributed by atoms with van der Waals surface area (Å²) >= 11 is 0. The van der Waals surface area contributed by atoms with Crippen molar-refractivity contribution in [3.63, 3.8) is 0 Å². The molecule has 5 heteroatoms. The minimum absolute atomic E-state index is 0.0334. The molecular formula is C8H15N3O2. The van der Waals surface area contributed by atoms with Crippen molar-refractivity contribution in [1.82, 2.24) is 10.2 Å². The zero-order valence-electron chi connectivity index (χ0n) is 7.95. The predicted molar refractivity (Wildman–Crippen MR) is 47.8 cm³/mol. The van der Waals surface area contributed by atoms with Gasteiger partial charge in [-0.2, -0.15) is 5.26 Å². The van der Waals surface area contributed by atoms with Crippen molar-refractivity contribution in [3.8, 4) is 6.07 Å². The molecule has 0 heterocycles. The Morgan fingerprint density at radius 2 is 2.31 bits per heavy atom. The predicted octanol–water partition coefficient (Wildman–Crippen LogP) is -1.06. The van der Waals surface area contributed by atoms with Gasteiger partial charge in [0.25, 0.3) is 0 Å². The fourth-order valence-corrected chi connectivity index (χ4v) is 0.759. The van der Waals surface area contributed by atoms with Crippen LogP contribution in [0.4, 0.5) is 0 Å². The first-order valence-corrected chi connectivity index (χ1v) is 4.05. The van der Waals surface area contributed by atoms with E-state index in [1.165, 1.54) is 4.90 Å². The van der Waals surface area contributed by atoms with Crippen LogP contribution in [0.2, 0.25) is 0 Å². The highest BCUT2D eigenvalue weighted by atomic mass is 16.3. The number of nitriles is 1. The fourth-order valence-electron chi connectivity index (χ4n) is 0.759. The van der Waals surface area contributed by atoms with Gasteiger partial charge in [0.05, 0.1) is 19.1 Å². The molecule has 1 amide bonds. The van der Waals surface area contributed by atoms with Crippen LogP contribution >= 0.6 is 0 Å². The van der Waals surface area contributed by atoms with Crippen LogP contribution in [-0.4, -0.2) is 49.2 Å². The quantitative estimate of drug-likeness (QED) is 0.572. The number of carbonyl (C=O) groups excluding carboxylic acids is 1. The van der Waals surface area contributed by atoms with Crippen molar-refractivity contribution < 1.29 is 9.90 Å². The van der Waals surface area contributed by atoms with Crippen molar-refractivity contribution in [1.29, 1.82) is 5.26 Å². The number of amides is 1. The normalized spacial score (nSPS) is 11.8. The Labute approximate surface area is 78.0 Å². The molecule has 0 radical (unpaired) electrons. The Balaban J connectivity index is 3.85. The van der Waals surface area contributed by atoms with Crippen LogP contribution < -0.4 is 5.32 Å². The number of aliphatic hydroxyl groups is 1. The monoisotopic (exact) mass is 185 g/mol. The lowest BCUT2D eigenvalue weighted by molar-refractivity contribution is -0.128. The second-order valence-electron chi connectivity index (χ2n) is 2.85. The van der Waals surface area contributed by atoms with E-state index in [4.69, 9.17) is 10.4 Å². The van der Waals surface area contributed by atoms with E-state index in [0.717, 1.165) is 0 Å². The summed E-state index contributed by atoms with van der Waals surface area (Å²) in [6.45, 7) is 0.299. The SMILES string of the molecule is CN(C)C(=O)CC(C#N)NCCO. The van der Waals surface area contributed by atoms with Gasteiger partial charge >= 0.3 is 0 Å². The van der Waals surface area contributed by atoms with Crippen LogP contribution in [0, 0.1) is 11.3 Å². The summed E-state index contributed by atoms with van der Waals surface area (Å²) in [4.78, 5) is 12.6. The van der Waals surface area contributed by atoms with E-state index in [0.29, 0.717) is 6.54 Å². The molecule has 0 saturated heterocycles. The van der Waals surface area contributed by atoms with Crippen molar-refractivity contribution in [2.24, 2.45) is 0 Å². The summed E-state index contributed by atoms with van der Waals surface area (Å²) in [7, 11) is 3.28.